The molecule has 0 radical (unpaired) electrons. The van der Waals surface area contributed by atoms with Gasteiger partial charge in [-0.2, -0.15) is 0 Å². The van der Waals surface area contributed by atoms with E-state index in [2.05, 4.69) is 6.92 Å². The number of ketones is 1. The topological polar surface area (TPSA) is 35.5 Å². The number of ether oxygens (including phenoxy) is 2. The van der Waals surface area contributed by atoms with E-state index in [4.69, 9.17) is 9.47 Å². The second-order valence-corrected chi connectivity index (χ2v) is 5.98. The zero-order valence-electron chi connectivity index (χ0n) is 12.3. The third-order valence-corrected chi connectivity index (χ3v) is 4.90. The molecule has 3 rings (SSSR count). The first-order chi connectivity index (χ1) is 9.68. The minimum atomic E-state index is -0.274. The molecule has 1 aliphatic carbocycles. The summed E-state index contributed by atoms with van der Waals surface area (Å²) in [6.07, 6.45) is 6.18. The van der Waals surface area contributed by atoms with Crippen molar-refractivity contribution in [2.24, 2.45) is 5.92 Å². The third-order valence-electron chi connectivity index (χ3n) is 4.90. The normalized spacial score (nSPS) is 28.9. The van der Waals surface area contributed by atoms with Crippen molar-refractivity contribution in [2.75, 3.05) is 7.11 Å². The Morgan fingerprint density at radius 3 is 3.00 bits per heavy atom. The first-order valence-electron chi connectivity index (χ1n) is 7.59. The Labute approximate surface area is 120 Å². The van der Waals surface area contributed by atoms with Gasteiger partial charge in [0.1, 0.15) is 17.1 Å². The van der Waals surface area contributed by atoms with E-state index in [0.29, 0.717) is 23.7 Å². The SMILES string of the molecule is CCC1CCCCC12CC(=O)c1ccc(OC)cc1O2. The molecule has 0 aromatic heterocycles. The minimum Gasteiger partial charge on any atom is -0.497 e. The molecule has 0 saturated heterocycles. The van der Waals surface area contributed by atoms with Crippen molar-refractivity contribution in [3.8, 4) is 11.5 Å². The van der Waals surface area contributed by atoms with E-state index in [1.54, 1.807) is 7.11 Å². The van der Waals surface area contributed by atoms with Gasteiger partial charge in [-0.1, -0.05) is 13.3 Å². The van der Waals surface area contributed by atoms with E-state index in [1.807, 2.05) is 18.2 Å². The fourth-order valence-corrected chi connectivity index (χ4v) is 3.79. The van der Waals surface area contributed by atoms with Gasteiger partial charge in [0.05, 0.1) is 19.1 Å². The molecule has 0 amide bonds. The van der Waals surface area contributed by atoms with Gasteiger partial charge in [-0.15, -0.1) is 0 Å². The highest BCUT2D eigenvalue weighted by molar-refractivity contribution is 6.00. The quantitative estimate of drug-likeness (QED) is 0.817. The highest BCUT2D eigenvalue weighted by atomic mass is 16.5. The van der Waals surface area contributed by atoms with Crippen LogP contribution in [0.4, 0.5) is 0 Å². The Morgan fingerprint density at radius 1 is 1.40 bits per heavy atom. The molecule has 20 heavy (non-hydrogen) atoms. The molecule has 0 bridgehead atoms. The lowest BCUT2D eigenvalue weighted by molar-refractivity contribution is -0.0340. The number of benzene rings is 1. The van der Waals surface area contributed by atoms with Crippen LogP contribution in [0.5, 0.6) is 11.5 Å². The van der Waals surface area contributed by atoms with Crippen molar-refractivity contribution < 1.29 is 14.3 Å². The molecule has 1 aromatic rings. The van der Waals surface area contributed by atoms with Gasteiger partial charge in [0, 0.05) is 6.07 Å². The number of hydrogen-bond acceptors (Lipinski definition) is 3. The Balaban J connectivity index is 1.99. The zero-order chi connectivity index (χ0) is 14.2. The van der Waals surface area contributed by atoms with Crippen LogP contribution in [0.3, 0.4) is 0 Å². The van der Waals surface area contributed by atoms with Crippen LogP contribution in [0.2, 0.25) is 0 Å². The Kier molecular flexibility index (Phi) is 3.45. The molecule has 1 fully saturated rings. The second-order valence-electron chi connectivity index (χ2n) is 5.98. The van der Waals surface area contributed by atoms with Gasteiger partial charge in [0.25, 0.3) is 0 Å². The van der Waals surface area contributed by atoms with E-state index < -0.39 is 0 Å². The van der Waals surface area contributed by atoms with E-state index in [-0.39, 0.29) is 11.4 Å². The third kappa shape index (κ3) is 2.09. The van der Waals surface area contributed by atoms with Crippen molar-refractivity contribution >= 4 is 5.78 Å². The number of hydrogen-bond donors (Lipinski definition) is 0. The number of methoxy groups -OCH3 is 1. The molecule has 108 valence electrons. The molecule has 3 heteroatoms. The van der Waals surface area contributed by atoms with E-state index >= 15 is 0 Å². The van der Waals surface area contributed by atoms with Crippen LogP contribution in [-0.4, -0.2) is 18.5 Å². The number of fused-ring (bicyclic) bond motifs is 1. The molecular formula is C17H22O3. The standard InChI is InChI=1S/C17H22O3/c1-3-12-6-4-5-9-17(12)11-15(18)14-8-7-13(19-2)10-16(14)20-17/h7-8,10,12H,3-6,9,11H2,1-2H3. The predicted molar refractivity (Wildman–Crippen MR) is 77.5 cm³/mol. The molecular weight excluding hydrogens is 252 g/mol. The van der Waals surface area contributed by atoms with Gasteiger partial charge >= 0.3 is 0 Å². The lowest BCUT2D eigenvalue weighted by Crippen LogP contribution is -2.49. The maximum absolute atomic E-state index is 12.5. The van der Waals surface area contributed by atoms with Crippen LogP contribution in [0.25, 0.3) is 0 Å². The number of carbonyl (C=O) groups is 1. The summed E-state index contributed by atoms with van der Waals surface area (Å²) in [6, 6.07) is 5.51. The summed E-state index contributed by atoms with van der Waals surface area (Å²) in [5, 5.41) is 0. The predicted octanol–water partition coefficient (Wildman–Crippen LogP) is 4.00. The Hall–Kier alpha value is -1.51. The lowest BCUT2D eigenvalue weighted by Gasteiger charge is -2.46. The lowest BCUT2D eigenvalue weighted by atomic mass is 9.70. The maximum atomic E-state index is 12.5. The monoisotopic (exact) mass is 274 g/mol. The molecule has 0 N–H and O–H groups in total. The van der Waals surface area contributed by atoms with Crippen molar-refractivity contribution in [1.29, 1.82) is 0 Å². The molecule has 2 unspecified atom stereocenters. The maximum Gasteiger partial charge on any atom is 0.170 e. The molecule has 1 spiro atoms. The highest BCUT2D eigenvalue weighted by Crippen LogP contribution is 2.46. The average molecular weight is 274 g/mol. The molecule has 2 aliphatic rings. The van der Waals surface area contributed by atoms with E-state index in [1.165, 1.54) is 12.8 Å². The van der Waals surface area contributed by atoms with Crippen LogP contribution in [0.1, 0.15) is 55.8 Å². The molecule has 1 aliphatic heterocycles. The highest BCUT2D eigenvalue weighted by Gasteiger charge is 2.47. The van der Waals surface area contributed by atoms with Gasteiger partial charge in [-0.3, -0.25) is 4.79 Å². The summed E-state index contributed by atoms with van der Waals surface area (Å²) in [4.78, 5) is 12.5. The van der Waals surface area contributed by atoms with Gasteiger partial charge in [-0.05, 0) is 43.7 Å². The molecule has 1 aromatic carbocycles. The number of Topliss-reactive ketones (excluding diaryl/α,β-unsaturated/α-hetero) is 1. The Bertz CT molecular complexity index is 523. The van der Waals surface area contributed by atoms with E-state index in [0.717, 1.165) is 25.0 Å². The summed E-state index contributed by atoms with van der Waals surface area (Å²) >= 11 is 0. The number of carbonyl (C=O) groups excluding carboxylic acids is 1. The first kappa shape index (κ1) is 13.5. The van der Waals surface area contributed by atoms with Crippen LogP contribution in [0, 0.1) is 5.92 Å². The van der Waals surface area contributed by atoms with Crippen LogP contribution in [-0.2, 0) is 0 Å². The Morgan fingerprint density at radius 2 is 2.25 bits per heavy atom. The number of rotatable bonds is 2. The van der Waals surface area contributed by atoms with Gasteiger partial charge in [-0.25, -0.2) is 0 Å². The van der Waals surface area contributed by atoms with E-state index in [9.17, 15) is 4.79 Å². The zero-order valence-corrected chi connectivity index (χ0v) is 12.3. The van der Waals surface area contributed by atoms with Crippen LogP contribution < -0.4 is 9.47 Å². The fourth-order valence-electron chi connectivity index (χ4n) is 3.79. The largest absolute Gasteiger partial charge is 0.497 e. The summed E-state index contributed by atoms with van der Waals surface area (Å²) < 4.78 is 11.6. The van der Waals surface area contributed by atoms with Crippen molar-refractivity contribution in [3.63, 3.8) is 0 Å². The van der Waals surface area contributed by atoms with Gasteiger partial charge < -0.3 is 9.47 Å². The van der Waals surface area contributed by atoms with Gasteiger partial charge in [0.15, 0.2) is 5.78 Å². The summed E-state index contributed by atoms with van der Waals surface area (Å²) in [5.41, 5.74) is 0.431. The molecule has 2 atom stereocenters. The van der Waals surface area contributed by atoms with Crippen molar-refractivity contribution in [1.82, 2.24) is 0 Å². The molecule has 1 heterocycles. The van der Waals surface area contributed by atoms with Crippen molar-refractivity contribution in [2.45, 2.75) is 51.0 Å². The van der Waals surface area contributed by atoms with Gasteiger partial charge in [0.2, 0.25) is 0 Å². The smallest absolute Gasteiger partial charge is 0.170 e. The average Bonchev–Trinajstić information content (AvgIpc) is 2.47. The van der Waals surface area contributed by atoms with Crippen LogP contribution >= 0.6 is 0 Å². The van der Waals surface area contributed by atoms with Crippen molar-refractivity contribution in [3.05, 3.63) is 23.8 Å². The summed E-state index contributed by atoms with van der Waals surface area (Å²) in [5.74, 6) is 2.16. The molecule has 3 nitrogen and oxygen atoms in total. The minimum absolute atomic E-state index is 0.217. The summed E-state index contributed by atoms with van der Waals surface area (Å²) in [7, 11) is 1.64. The first-order valence-corrected chi connectivity index (χ1v) is 7.59. The molecule has 1 saturated carbocycles. The second kappa shape index (κ2) is 5.12. The fraction of sp³-hybridized carbons (Fsp3) is 0.588. The van der Waals surface area contributed by atoms with Crippen LogP contribution in [0.15, 0.2) is 18.2 Å². The summed E-state index contributed by atoms with van der Waals surface area (Å²) in [6.45, 7) is 2.20.